The summed E-state index contributed by atoms with van der Waals surface area (Å²) in [6, 6.07) is 12.2. The van der Waals surface area contributed by atoms with Gasteiger partial charge in [0.1, 0.15) is 18.5 Å². The molecule has 2 aromatic carbocycles. The first kappa shape index (κ1) is 37.0. The van der Waals surface area contributed by atoms with Crippen LogP contribution in [0.25, 0.3) is 15.6 Å². The number of carbonyl (C=O) groups excluding carboxylic acids is 1. The molecule has 0 spiro atoms. The highest BCUT2D eigenvalue weighted by atomic mass is 35.5. The molecule has 0 aliphatic carbocycles. The van der Waals surface area contributed by atoms with Crippen LogP contribution in [0.5, 0.6) is 6.01 Å². The Morgan fingerprint density at radius 1 is 1.06 bits per heavy atom. The Morgan fingerprint density at radius 3 is 2.67 bits per heavy atom. The Bertz CT molecular complexity index is 1850. The number of rotatable bonds is 14. The van der Waals surface area contributed by atoms with Crippen LogP contribution in [-0.4, -0.2) is 125 Å². The van der Waals surface area contributed by atoms with Gasteiger partial charge in [0, 0.05) is 62.0 Å². The van der Waals surface area contributed by atoms with E-state index in [-0.39, 0.29) is 31.5 Å². The van der Waals surface area contributed by atoms with Crippen LogP contribution < -0.4 is 14.5 Å². The zero-order chi connectivity index (χ0) is 36.0. The van der Waals surface area contributed by atoms with Gasteiger partial charge >= 0.3 is 12.0 Å². The average molecular weight is 740 g/mol. The molecule has 2 atom stereocenters. The normalized spacial score (nSPS) is 20.0. The van der Waals surface area contributed by atoms with Crippen molar-refractivity contribution in [3.63, 3.8) is 0 Å². The Kier molecular flexibility index (Phi) is 12.1. The molecule has 6 rings (SSSR count). The fourth-order valence-corrected chi connectivity index (χ4v) is 8.83. The number of ether oxygens (including phenoxy) is 3. The molecule has 13 nitrogen and oxygen atoms in total. The molecule has 51 heavy (non-hydrogen) atoms. The molecule has 3 aromatic rings. The predicted molar refractivity (Wildman–Crippen MR) is 197 cm³/mol. The summed E-state index contributed by atoms with van der Waals surface area (Å²) in [5.41, 5.74) is 2.93. The average Bonchev–Trinajstić information content (AvgIpc) is 3.58. The standard InChI is InChI=1S/C36H46ClN7O6S/c1-38-22-28-23-43(18-19-44(28)51(3,46)47)35-29-13-17-42(32-12-5-9-26-8-4-11-30(37)34(26)32)24-31(29)39-36(40-35)50-25-27-10-6-15-41(27)16-7-20-49-21-14-33(45)48-2/h4-5,8-9,11-12,27-28H,6-7,10,13-25H2,2-3H3/t27-,28-/m0/s1. The van der Waals surface area contributed by atoms with Gasteiger partial charge in [-0.25, -0.2) is 15.0 Å². The van der Waals surface area contributed by atoms with Crippen LogP contribution in [0.2, 0.25) is 5.02 Å². The number of anilines is 2. The smallest absolute Gasteiger partial charge is 0.318 e. The van der Waals surface area contributed by atoms with Crippen molar-refractivity contribution >= 4 is 49.9 Å². The Labute approximate surface area is 305 Å². The summed E-state index contributed by atoms with van der Waals surface area (Å²) >= 11 is 6.73. The van der Waals surface area contributed by atoms with E-state index in [0.717, 1.165) is 72.4 Å². The summed E-state index contributed by atoms with van der Waals surface area (Å²) in [4.78, 5) is 31.7. The van der Waals surface area contributed by atoms with E-state index in [0.29, 0.717) is 56.9 Å². The number of likely N-dealkylation sites (tertiary alicyclic amines) is 1. The number of benzene rings is 2. The van der Waals surface area contributed by atoms with Crippen molar-refractivity contribution in [3.8, 4) is 6.01 Å². The third kappa shape index (κ3) is 8.84. The van der Waals surface area contributed by atoms with Gasteiger partial charge in [-0.2, -0.15) is 14.3 Å². The molecule has 0 amide bonds. The molecule has 0 N–H and O–H groups in total. The second-order valence-electron chi connectivity index (χ2n) is 13.3. The summed E-state index contributed by atoms with van der Waals surface area (Å²) < 4.78 is 43.3. The van der Waals surface area contributed by atoms with Gasteiger partial charge in [-0.1, -0.05) is 35.9 Å². The van der Waals surface area contributed by atoms with Gasteiger partial charge in [-0.15, -0.1) is 0 Å². The lowest BCUT2D eigenvalue weighted by molar-refractivity contribution is -0.141. The van der Waals surface area contributed by atoms with Crippen LogP contribution in [0.1, 0.15) is 36.9 Å². The van der Waals surface area contributed by atoms with Crippen LogP contribution in [0.3, 0.4) is 0 Å². The van der Waals surface area contributed by atoms with Gasteiger partial charge in [0.05, 0.1) is 43.7 Å². The zero-order valence-corrected chi connectivity index (χ0v) is 30.9. The summed E-state index contributed by atoms with van der Waals surface area (Å²) in [5.74, 6) is 0.477. The van der Waals surface area contributed by atoms with Gasteiger partial charge in [-0.05, 0) is 49.7 Å². The number of sulfonamides is 1. The van der Waals surface area contributed by atoms with E-state index >= 15 is 0 Å². The monoisotopic (exact) mass is 739 g/mol. The van der Waals surface area contributed by atoms with Crippen molar-refractivity contribution in [3.05, 3.63) is 64.1 Å². The van der Waals surface area contributed by atoms with E-state index in [2.05, 4.69) is 42.5 Å². The Morgan fingerprint density at radius 2 is 1.88 bits per heavy atom. The predicted octanol–water partition coefficient (Wildman–Crippen LogP) is 4.03. The zero-order valence-electron chi connectivity index (χ0n) is 29.3. The molecular formula is C36H46ClN7O6S. The van der Waals surface area contributed by atoms with Crippen LogP contribution in [0.15, 0.2) is 36.4 Å². The largest absolute Gasteiger partial charge is 0.469 e. The van der Waals surface area contributed by atoms with E-state index in [4.69, 9.17) is 37.6 Å². The number of methoxy groups -OCH3 is 1. The molecule has 0 radical (unpaired) electrons. The molecule has 0 unspecified atom stereocenters. The Balaban J connectivity index is 1.22. The van der Waals surface area contributed by atoms with Gasteiger partial charge in [0.2, 0.25) is 16.6 Å². The number of nitrogens with zero attached hydrogens (tertiary/aromatic N) is 7. The highest BCUT2D eigenvalue weighted by Gasteiger charge is 2.37. The maximum absolute atomic E-state index is 12.6. The lowest BCUT2D eigenvalue weighted by Crippen LogP contribution is -2.56. The van der Waals surface area contributed by atoms with Crippen molar-refractivity contribution in [2.45, 2.75) is 50.7 Å². The molecule has 15 heteroatoms. The topological polar surface area (TPSA) is 122 Å². The molecule has 4 heterocycles. The van der Waals surface area contributed by atoms with Crippen molar-refractivity contribution < 1.29 is 27.4 Å². The fourth-order valence-electron chi connectivity index (χ4n) is 7.46. The molecule has 1 aromatic heterocycles. The summed E-state index contributed by atoms with van der Waals surface area (Å²) in [5, 5.41) is 2.77. The van der Waals surface area contributed by atoms with Gasteiger partial charge in [0.25, 0.3) is 0 Å². The quantitative estimate of drug-likeness (QED) is 0.135. The van der Waals surface area contributed by atoms with E-state index < -0.39 is 16.1 Å². The van der Waals surface area contributed by atoms with Gasteiger partial charge < -0.3 is 28.9 Å². The Hall–Kier alpha value is -3.74. The van der Waals surface area contributed by atoms with Crippen molar-refractivity contribution in [2.24, 2.45) is 0 Å². The minimum atomic E-state index is -3.47. The number of hydrogen-bond acceptors (Lipinski definition) is 11. The van der Waals surface area contributed by atoms with Crippen molar-refractivity contribution in [2.75, 3.05) is 88.8 Å². The number of piperazine rings is 1. The SMILES string of the molecule is [C-]#[N+]C[C@H]1CN(c2nc(OC[C@@H]3CCCN3CCCOCCC(=O)OC)nc3c2CCN(c2cccc4cccc(Cl)c24)C3)CCN1S(C)(=O)=O. The molecule has 0 bridgehead atoms. The third-order valence-electron chi connectivity index (χ3n) is 9.97. The fraction of sp³-hybridized carbons (Fsp3) is 0.556. The lowest BCUT2D eigenvalue weighted by Gasteiger charge is -2.40. The minimum absolute atomic E-state index is 0.0731. The van der Waals surface area contributed by atoms with Crippen molar-refractivity contribution in [1.82, 2.24) is 19.2 Å². The number of aromatic nitrogens is 2. The van der Waals surface area contributed by atoms with Crippen LogP contribution in [0, 0.1) is 6.57 Å². The summed E-state index contributed by atoms with van der Waals surface area (Å²) in [6.07, 6.45) is 5.06. The first-order valence-corrected chi connectivity index (χ1v) is 19.8. The van der Waals surface area contributed by atoms with Crippen LogP contribution in [0.4, 0.5) is 11.5 Å². The number of esters is 1. The van der Waals surface area contributed by atoms with E-state index in [9.17, 15) is 13.2 Å². The molecule has 2 saturated heterocycles. The van der Waals surface area contributed by atoms with Gasteiger partial charge in [-0.3, -0.25) is 9.69 Å². The molecule has 0 saturated carbocycles. The number of carbonyl (C=O) groups is 1. The first-order chi connectivity index (χ1) is 24.7. The maximum atomic E-state index is 12.6. The van der Waals surface area contributed by atoms with E-state index in [1.165, 1.54) is 17.7 Å². The third-order valence-corrected chi connectivity index (χ3v) is 11.6. The van der Waals surface area contributed by atoms with Crippen molar-refractivity contribution in [1.29, 1.82) is 0 Å². The first-order valence-electron chi connectivity index (χ1n) is 17.5. The molecule has 3 aliphatic heterocycles. The lowest BCUT2D eigenvalue weighted by atomic mass is 10.0. The molecule has 274 valence electrons. The molecule has 2 fully saturated rings. The number of hydrogen-bond donors (Lipinski definition) is 0. The summed E-state index contributed by atoms with van der Waals surface area (Å²) in [6.45, 7) is 13.1. The number of fused-ring (bicyclic) bond motifs is 2. The summed E-state index contributed by atoms with van der Waals surface area (Å²) in [7, 11) is -2.09. The number of halogens is 1. The second kappa shape index (κ2) is 16.7. The molecular weight excluding hydrogens is 694 g/mol. The highest BCUT2D eigenvalue weighted by Crippen LogP contribution is 2.37. The van der Waals surface area contributed by atoms with Crippen LogP contribution in [-0.2, 0) is 37.3 Å². The highest BCUT2D eigenvalue weighted by molar-refractivity contribution is 7.88. The van der Waals surface area contributed by atoms with E-state index in [1.807, 2.05) is 18.2 Å². The second-order valence-corrected chi connectivity index (χ2v) is 15.6. The van der Waals surface area contributed by atoms with Gasteiger partial charge in [0.15, 0.2) is 0 Å². The van der Waals surface area contributed by atoms with E-state index in [1.54, 1.807) is 0 Å². The van der Waals surface area contributed by atoms with Crippen LogP contribution >= 0.6 is 11.6 Å². The molecule has 3 aliphatic rings. The minimum Gasteiger partial charge on any atom is -0.469 e. The maximum Gasteiger partial charge on any atom is 0.318 e.